The molecule has 90 valence electrons. The molecule has 1 atom stereocenters. The summed E-state index contributed by atoms with van der Waals surface area (Å²) in [5.74, 6) is 0.147. The third-order valence-electron chi connectivity index (χ3n) is 2.50. The summed E-state index contributed by atoms with van der Waals surface area (Å²) >= 11 is 0. The van der Waals surface area contributed by atoms with Crippen LogP contribution in [0.25, 0.3) is 0 Å². The highest BCUT2D eigenvalue weighted by Crippen LogP contribution is 2.23. The van der Waals surface area contributed by atoms with Gasteiger partial charge in [-0.3, -0.25) is 0 Å². The standard InChI is InChI=1S/C7H11N3O4S2/c8-16(13,14)7-3-10(5-9-7)6-1-2-15(11,12)4-6/h3,5-6H,1-2,4H2,(H2,8,13,14). The fraction of sp³-hybridized carbons (Fsp3) is 0.571. The molecule has 0 amide bonds. The minimum atomic E-state index is -3.82. The van der Waals surface area contributed by atoms with Crippen molar-refractivity contribution in [1.29, 1.82) is 0 Å². The zero-order chi connectivity index (χ0) is 12.0. The minimum Gasteiger partial charge on any atom is -0.332 e. The molecule has 0 aliphatic carbocycles. The first-order valence-electron chi connectivity index (χ1n) is 4.55. The third-order valence-corrected chi connectivity index (χ3v) is 5.04. The van der Waals surface area contributed by atoms with E-state index < -0.39 is 19.9 Å². The van der Waals surface area contributed by atoms with Crippen molar-refractivity contribution >= 4 is 19.9 Å². The van der Waals surface area contributed by atoms with Gasteiger partial charge in [0.25, 0.3) is 10.0 Å². The molecule has 0 aromatic carbocycles. The number of aromatic nitrogens is 2. The highest BCUT2D eigenvalue weighted by molar-refractivity contribution is 7.91. The Hall–Kier alpha value is -0.930. The summed E-state index contributed by atoms with van der Waals surface area (Å²) in [6.45, 7) is 0. The first kappa shape index (κ1) is 11.6. The Balaban J connectivity index is 2.28. The van der Waals surface area contributed by atoms with Crippen molar-refractivity contribution in [3.05, 3.63) is 12.5 Å². The Morgan fingerprint density at radius 1 is 1.50 bits per heavy atom. The average molecular weight is 265 g/mol. The lowest BCUT2D eigenvalue weighted by molar-refractivity contribution is 0.553. The lowest BCUT2D eigenvalue weighted by Crippen LogP contribution is -2.13. The fourth-order valence-corrected chi connectivity index (χ4v) is 3.86. The van der Waals surface area contributed by atoms with Crippen LogP contribution in [-0.2, 0) is 19.9 Å². The molecule has 9 heteroatoms. The molecule has 7 nitrogen and oxygen atoms in total. The van der Waals surface area contributed by atoms with Crippen LogP contribution in [0.15, 0.2) is 17.6 Å². The highest BCUT2D eigenvalue weighted by Gasteiger charge is 2.29. The number of hydrogen-bond donors (Lipinski definition) is 1. The summed E-state index contributed by atoms with van der Waals surface area (Å²) in [6, 6.07) is -0.243. The molecule has 1 aliphatic rings. The van der Waals surface area contributed by atoms with Crippen molar-refractivity contribution in [2.75, 3.05) is 11.5 Å². The van der Waals surface area contributed by atoms with Gasteiger partial charge in [-0.1, -0.05) is 0 Å². The van der Waals surface area contributed by atoms with Gasteiger partial charge in [0.1, 0.15) is 0 Å². The summed E-state index contributed by atoms with van der Waals surface area (Å²) < 4.78 is 45.9. The quantitative estimate of drug-likeness (QED) is 0.728. The number of nitrogens with two attached hydrogens (primary N) is 1. The van der Waals surface area contributed by atoms with Gasteiger partial charge in [-0.05, 0) is 6.42 Å². The number of primary sulfonamides is 1. The second kappa shape index (κ2) is 3.54. The lowest BCUT2D eigenvalue weighted by Gasteiger charge is -2.07. The number of nitrogens with zero attached hydrogens (tertiary/aromatic N) is 2. The van der Waals surface area contributed by atoms with Gasteiger partial charge in [-0.2, -0.15) is 0 Å². The third kappa shape index (κ3) is 2.25. The molecule has 1 unspecified atom stereocenters. The number of sulfonamides is 1. The molecule has 2 heterocycles. The normalized spacial score (nSPS) is 24.7. The van der Waals surface area contributed by atoms with E-state index in [4.69, 9.17) is 5.14 Å². The van der Waals surface area contributed by atoms with Crippen molar-refractivity contribution in [2.45, 2.75) is 17.5 Å². The van der Waals surface area contributed by atoms with Gasteiger partial charge in [0.2, 0.25) is 0 Å². The van der Waals surface area contributed by atoms with E-state index in [0.29, 0.717) is 6.42 Å². The minimum absolute atomic E-state index is 0.0212. The first-order valence-corrected chi connectivity index (χ1v) is 7.91. The van der Waals surface area contributed by atoms with Crippen molar-refractivity contribution in [2.24, 2.45) is 5.14 Å². The van der Waals surface area contributed by atoms with Crippen LogP contribution in [-0.4, -0.2) is 37.9 Å². The maximum Gasteiger partial charge on any atom is 0.257 e. The maximum absolute atomic E-state index is 11.2. The molecule has 1 saturated heterocycles. The van der Waals surface area contributed by atoms with E-state index in [1.807, 2.05) is 0 Å². The predicted octanol–water partition coefficient (Wildman–Crippen LogP) is -1.11. The second-order valence-electron chi connectivity index (χ2n) is 3.76. The summed E-state index contributed by atoms with van der Waals surface area (Å²) in [7, 11) is -6.82. The SMILES string of the molecule is NS(=O)(=O)c1cn(C2CCS(=O)(=O)C2)cn1. The second-order valence-corrected chi connectivity index (χ2v) is 7.50. The number of imidazole rings is 1. The molecule has 0 radical (unpaired) electrons. The Labute approximate surface area is 93.3 Å². The molecule has 2 rings (SSSR count). The average Bonchev–Trinajstić information content (AvgIpc) is 2.68. The fourth-order valence-electron chi connectivity index (χ4n) is 1.67. The molecule has 1 aromatic rings. The van der Waals surface area contributed by atoms with Crippen LogP contribution in [0.2, 0.25) is 0 Å². The smallest absolute Gasteiger partial charge is 0.257 e. The van der Waals surface area contributed by atoms with E-state index in [2.05, 4.69) is 4.98 Å². The number of hydrogen-bond acceptors (Lipinski definition) is 5. The van der Waals surface area contributed by atoms with E-state index in [-0.39, 0.29) is 22.6 Å². The first-order chi connectivity index (χ1) is 7.28. The van der Waals surface area contributed by atoms with Crippen LogP contribution in [0.3, 0.4) is 0 Å². The monoisotopic (exact) mass is 265 g/mol. The number of rotatable bonds is 2. The Morgan fingerprint density at radius 3 is 2.62 bits per heavy atom. The van der Waals surface area contributed by atoms with Crippen LogP contribution >= 0.6 is 0 Å². The highest BCUT2D eigenvalue weighted by atomic mass is 32.2. The molecule has 0 spiro atoms. The summed E-state index contributed by atoms with van der Waals surface area (Å²) in [5, 5.41) is 4.66. The summed E-state index contributed by atoms with van der Waals surface area (Å²) in [5.41, 5.74) is 0. The predicted molar refractivity (Wildman–Crippen MR) is 55.9 cm³/mol. The van der Waals surface area contributed by atoms with E-state index in [1.54, 1.807) is 0 Å². The van der Waals surface area contributed by atoms with Crippen molar-refractivity contribution in [3.8, 4) is 0 Å². The van der Waals surface area contributed by atoms with Gasteiger partial charge in [0.05, 0.1) is 17.8 Å². The zero-order valence-electron chi connectivity index (χ0n) is 8.27. The molecule has 1 aromatic heterocycles. The van der Waals surface area contributed by atoms with Crippen LogP contribution in [0.5, 0.6) is 0 Å². The zero-order valence-corrected chi connectivity index (χ0v) is 9.91. The molecule has 1 fully saturated rings. The molecule has 1 aliphatic heterocycles. The largest absolute Gasteiger partial charge is 0.332 e. The topological polar surface area (TPSA) is 112 Å². The maximum atomic E-state index is 11.2. The van der Waals surface area contributed by atoms with Gasteiger partial charge < -0.3 is 4.57 Å². The molecular weight excluding hydrogens is 254 g/mol. The van der Waals surface area contributed by atoms with Crippen LogP contribution in [0.1, 0.15) is 12.5 Å². The summed E-state index contributed by atoms with van der Waals surface area (Å²) in [4.78, 5) is 3.63. The van der Waals surface area contributed by atoms with Gasteiger partial charge in [0.15, 0.2) is 14.9 Å². The molecule has 2 N–H and O–H groups in total. The lowest BCUT2D eigenvalue weighted by atomic mass is 10.3. The number of sulfone groups is 1. The van der Waals surface area contributed by atoms with E-state index in [9.17, 15) is 16.8 Å². The van der Waals surface area contributed by atoms with Gasteiger partial charge >= 0.3 is 0 Å². The van der Waals surface area contributed by atoms with Crippen molar-refractivity contribution in [3.63, 3.8) is 0 Å². The molecule has 0 saturated carbocycles. The van der Waals surface area contributed by atoms with E-state index in [0.717, 1.165) is 0 Å². The van der Waals surface area contributed by atoms with E-state index in [1.165, 1.54) is 17.1 Å². The van der Waals surface area contributed by atoms with Crippen LogP contribution in [0, 0.1) is 0 Å². The molecular formula is C7H11N3O4S2. The molecule has 16 heavy (non-hydrogen) atoms. The van der Waals surface area contributed by atoms with Crippen molar-refractivity contribution < 1.29 is 16.8 Å². The Bertz CT molecular complexity index is 601. The van der Waals surface area contributed by atoms with Gasteiger partial charge in [-0.15, -0.1) is 0 Å². The summed E-state index contributed by atoms with van der Waals surface area (Å²) in [6.07, 6.45) is 3.04. The Morgan fingerprint density at radius 2 is 2.19 bits per heavy atom. The Kier molecular flexibility index (Phi) is 2.55. The van der Waals surface area contributed by atoms with Gasteiger partial charge in [-0.25, -0.2) is 27.0 Å². The van der Waals surface area contributed by atoms with E-state index >= 15 is 0 Å². The molecule has 0 bridgehead atoms. The van der Waals surface area contributed by atoms with Crippen molar-refractivity contribution in [1.82, 2.24) is 9.55 Å². The van der Waals surface area contributed by atoms with Crippen LogP contribution < -0.4 is 5.14 Å². The van der Waals surface area contributed by atoms with Crippen LogP contribution in [0.4, 0.5) is 0 Å². The van der Waals surface area contributed by atoms with Gasteiger partial charge in [0, 0.05) is 12.2 Å².